The molecule has 0 amide bonds. The van der Waals surface area contributed by atoms with Crippen molar-refractivity contribution < 1.29 is 24.4 Å². The Bertz CT molecular complexity index is 439. The molecule has 0 saturated carbocycles. The molecule has 0 atom stereocenters. The summed E-state index contributed by atoms with van der Waals surface area (Å²) in [7, 11) is 0. The van der Waals surface area contributed by atoms with E-state index in [9.17, 15) is 10.2 Å². The first-order valence-electron chi connectivity index (χ1n) is 6.89. The maximum absolute atomic E-state index is 9.38. The minimum absolute atomic E-state index is 0.205. The van der Waals surface area contributed by atoms with Crippen molar-refractivity contribution in [2.45, 2.75) is 20.1 Å². The molecule has 0 radical (unpaired) electrons. The lowest BCUT2D eigenvalue weighted by atomic mass is 10.0. The summed E-state index contributed by atoms with van der Waals surface area (Å²) in [5.41, 5.74) is 1.72. The molecule has 5 nitrogen and oxygen atoms in total. The molecular formula is C16H22O5. The largest absolute Gasteiger partial charge is 0.490 e. The predicted octanol–water partition coefficient (Wildman–Crippen LogP) is 1.08. The average molecular weight is 294 g/mol. The second-order valence-electron chi connectivity index (χ2n) is 4.24. The van der Waals surface area contributed by atoms with Crippen LogP contribution in [-0.2, 0) is 22.7 Å². The third kappa shape index (κ3) is 5.74. The van der Waals surface area contributed by atoms with Crippen LogP contribution >= 0.6 is 0 Å². The van der Waals surface area contributed by atoms with E-state index >= 15 is 0 Å². The fourth-order valence-electron chi connectivity index (χ4n) is 1.82. The third-order valence-electron chi connectivity index (χ3n) is 2.80. The van der Waals surface area contributed by atoms with Crippen LogP contribution in [0.25, 0.3) is 0 Å². The van der Waals surface area contributed by atoms with E-state index in [0.29, 0.717) is 55.5 Å². The lowest BCUT2D eigenvalue weighted by molar-refractivity contribution is 0.0399. The molecule has 1 aromatic rings. The summed E-state index contributed by atoms with van der Waals surface area (Å²) in [4.78, 5) is 0. The van der Waals surface area contributed by atoms with Crippen LogP contribution in [0.15, 0.2) is 12.1 Å². The Labute approximate surface area is 125 Å². The van der Waals surface area contributed by atoms with Gasteiger partial charge in [-0.05, 0) is 19.1 Å². The third-order valence-corrected chi connectivity index (χ3v) is 2.80. The SMILES string of the molecule is C#Cc1cc(CO)c(OCCOCCOCC)c(CO)c1. The number of hydrogen-bond donors (Lipinski definition) is 2. The molecule has 0 fully saturated rings. The Morgan fingerprint density at radius 2 is 1.57 bits per heavy atom. The second-order valence-corrected chi connectivity index (χ2v) is 4.24. The van der Waals surface area contributed by atoms with Crippen molar-refractivity contribution in [3.05, 3.63) is 28.8 Å². The molecule has 2 N–H and O–H groups in total. The van der Waals surface area contributed by atoms with Crippen LogP contribution < -0.4 is 4.74 Å². The quantitative estimate of drug-likeness (QED) is 0.499. The van der Waals surface area contributed by atoms with Crippen molar-refractivity contribution in [1.29, 1.82) is 0 Å². The summed E-state index contributed by atoms with van der Waals surface area (Å²) in [6.45, 7) is 3.97. The Kier molecular flexibility index (Phi) is 8.48. The molecule has 0 unspecified atom stereocenters. The van der Waals surface area contributed by atoms with Crippen molar-refractivity contribution in [1.82, 2.24) is 0 Å². The number of ether oxygens (including phenoxy) is 3. The van der Waals surface area contributed by atoms with Gasteiger partial charge in [-0.15, -0.1) is 6.42 Å². The molecule has 0 spiro atoms. The van der Waals surface area contributed by atoms with E-state index in [1.54, 1.807) is 12.1 Å². The molecule has 0 aliphatic heterocycles. The molecule has 0 saturated heterocycles. The minimum Gasteiger partial charge on any atom is -0.490 e. The van der Waals surface area contributed by atoms with Gasteiger partial charge in [-0.1, -0.05) is 5.92 Å². The highest BCUT2D eigenvalue weighted by molar-refractivity contribution is 5.48. The molecule has 1 aromatic carbocycles. The van der Waals surface area contributed by atoms with Crippen LogP contribution in [0.1, 0.15) is 23.6 Å². The first-order chi connectivity index (χ1) is 10.3. The van der Waals surface area contributed by atoms with Gasteiger partial charge in [-0.3, -0.25) is 0 Å². The molecule has 116 valence electrons. The van der Waals surface area contributed by atoms with Crippen LogP contribution in [0.5, 0.6) is 5.75 Å². The number of rotatable bonds is 10. The molecule has 1 rings (SSSR count). The van der Waals surface area contributed by atoms with Crippen LogP contribution in [-0.4, -0.2) is 43.2 Å². The van der Waals surface area contributed by atoms with E-state index < -0.39 is 0 Å². The number of benzene rings is 1. The molecule has 0 bridgehead atoms. The summed E-state index contributed by atoms with van der Waals surface area (Å²) in [6, 6.07) is 3.34. The highest BCUT2D eigenvalue weighted by atomic mass is 16.5. The van der Waals surface area contributed by atoms with Gasteiger partial charge in [0.05, 0.1) is 33.0 Å². The van der Waals surface area contributed by atoms with Gasteiger partial charge in [-0.2, -0.15) is 0 Å². The first-order valence-corrected chi connectivity index (χ1v) is 6.89. The van der Waals surface area contributed by atoms with Crippen molar-refractivity contribution in [3.63, 3.8) is 0 Å². The highest BCUT2D eigenvalue weighted by Gasteiger charge is 2.11. The van der Waals surface area contributed by atoms with Crippen molar-refractivity contribution in [2.75, 3.05) is 33.0 Å². The molecular weight excluding hydrogens is 272 g/mol. The molecule has 5 heteroatoms. The Hall–Kier alpha value is -1.58. The van der Waals surface area contributed by atoms with Crippen molar-refractivity contribution in [2.24, 2.45) is 0 Å². The van der Waals surface area contributed by atoms with Gasteiger partial charge in [-0.25, -0.2) is 0 Å². The van der Waals surface area contributed by atoms with Crippen LogP contribution in [0.4, 0.5) is 0 Å². The average Bonchev–Trinajstić information content (AvgIpc) is 2.53. The Morgan fingerprint density at radius 1 is 1.00 bits per heavy atom. The number of terminal acetylenes is 1. The maximum Gasteiger partial charge on any atom is 0.130 e. The van der Waals surface area contributed by atoms with E-state index in [0.717, 1.165) is 0 Å². The Morgan fingerprint density at radius 3 is 2.10 bits per heavy atom. The predicted molar refractivity (Wildman–Crippen MR) is 79.0 cm³/mol. The fourth-order valence-corrected chi connectivity index (χ4v) is 1.82. The molecule has 0 aliphatic carbocycles. The van der Waals surface area contributed by atoms with Gasteiger partial charge in [0.25, 0.3) is 0 Å². The second kappa shape index (κ2) is 10.2. The number of aliphatic hydroxyl groups excluding tert-OH is 2. The number of aliphatic hydroxyl groups is 2. The van der Waals surface area contributed by atoms with Gasteiger partial charge in [0.15, 0.2) is 0 Å². The maximum atomic E-state index is 9.38. The van der Waals surface area contributed by atoms with E-state index in [2.05, 4.69) is 5.92 Å². The van der Waals surface area contributed by atoms with E-state index in [4.69, 9.17) is 20.6 Å². The summed E-state index contributed by atoms with van der Waals surface area (Å²) >= 11 is 0. The van der Waals surface area contributed by atoms with E-state index in [-0.39, 0.29) is 13.2 Å². The van der Waals surface area contributed by atoms with Gasteiger partial charge < -0.3 is 24.4 Å². The summed E-state index contributed by atoms with van der Waals surface area (Å²) in [5, 5.41) is 18.8. The van der Waals surface area contributed by atoms with Gasteiger partial charge in [0.1, 0.15) is 12.4 Å². The van der Waals surface area contributed by atoms with Crippen molar-refractivity contribution in [3.8, 4) is 18.1 Å². The Balaban J connectivity index is 2.55. The van der Waals surface area contributed by atoms with Crippen molar-refractivity contribution >= 4 is 0 Å². The summed E-state index contributed by atoms with van der Waals surface area (Å²) in [5.74, 6) is 2.95. The topological polar surface area (TPSA) is 68.2 Å². The van der Waals surface area contributed by atoms with Gasteiger partial charge >= 0.3 is 0 Å². The lowest BCUT2D eigenvalue weighted by Crippen LogP contribution is -2.12. The lowest BCUT2D eigenvalue weighted by Gasteiger charge is -2.15. The van der Waals surface area contributed by atoms with E-state index in [1.165, 1.54) is 0 Å². The molecule has 0 aromatic heterocycles. The van der Waals surface area contributed by atoms with E-state index in [1.807, 2.05) is 6.92 Å². The zero-order valence-corrected chi connectivity index (χ0v) is 12.3. The minimum atomic E-state index is -0.205. The van der Waals surface area contributed by atoms with Crippen LogP contribution in [0, 0.1) is 12.3 Å². The normalized spacial score (nSPS) is 10.4. The highest BCUT2D eigenvalue weighted by Crippen LogP contribution is 2.26. The number of hydrogen-bond acceptors (Lipinski definition) is 5. The summed E-state index contributed by atoms with van der Waals surface area (Å²) < 4.78 is 16.1. The standard InChI is InChI=1S/C16H22O5/c1-3-13-9-14(11-17)16(15(10-13)12-18)21-8-7-20-6-5-19-4-2/h1,9-10,17-18H,4-8,11-12H2,2H3. The smallest absolute Gasteiger partial charge is 0.130 e. The molecule has 0 aliphatic rings. The van der Waals surface area contributed by atoms with Crippen LogP contribution in [0.2, 0.25) is 0 Å². The van der Waals surface area contributed by atoms with Gasteiger partial charge in [0, 0.05) is 23.3 Å². The summed E-state index contributed by atoms with van der Waals surface area (Å²) in [6.07, 6.45) is 5.34. The molecule has 0 heterocycles. The monoisotopic (exact) mass is 294 g/mol. The fraction of sp³-hybridized carbons (Fsp3) is 0.500. The van der Waals surface area contributed by atoms with Gasteiger partial charge in [0.2, 0.25) is 0 Å². The molecule has 21 heavy (non-hydrogen) atoms. The zero-order valence-electron chi connectivity index (χ0n) is 12.3. The first kappa shape index (κ1) is 17.5. The van der Waals surface area contributed by atoms with Crippen LogP contribution in [0.3, 0.4) is 0 Å². The zero-order chi connectivity index (χ0) is 15.5.